The molecule has 0 atom stereocenters. The molecule has 78 valence electrons. The highest BCUT2D eigenvalue weighted by Crippen LogP contribution is 2.31. The van der Waals surface area contributed by atoms with Crippen molar-refractivity contribution in [2.45, 2.75) is 6.42 Å². The molecule has 2 aromatic carbocycles. The van der Waals surface area contributed by atoms with E-state index in [1.165, 1.54) is 22.3 Å². The lowest BCUT2D eigenvalue weighted by Crippen LogP contribution is -1.87. The van der Waals surface area contributed by atoms with Gasteiger partial charge in [0.25, 0.3) is 0 Å². The minimum Gasteiger partial charge on any atom is -0.399 e. The number of hydrogen-bond donors (Lipinski definition) is 1. The first-order valence-electron chi connectivity index (χ1n) is 5.47. The van der Waals surface area contributed by atoms with Gasteiger partial charge in [-0.15, -0.1) is 0 Å². The van der Waals surface area contributed by atoms with Crippen LogP contribution in [0.25, 0.3) is 11.6 Å². The molecule has 1 heteroatoms. The van der Waals surface area contributed by atoms with E-state index in [0.717, 1.165) is 12.1 Å². The van der Waals surface area contributed by atoms with Gasteiger partial charge in [0.1, 0.15) is 0 Å². The van der Waals surface area contributed by atoms with Gasteiger partial charge in [-0.2, -0.15) is 0 Å². The van der Waals surface area contributed by atoms with Crippen molar-refractivity contribution in [3.8, 4) is 0 Å². The van der Waals surface area contributed by atoms with Crippen LogP contribution in [0.4, 0.5) is 5.69 Å². The largest absolute Gasteiger partial charge is 0.399 e. The molecular weight excluding hydrogens is 194 g/mol. The van der Waals surface area contributed by atoms with E-state index in [9.17, 15) is 0 Å². The molecule has 0 spiro atoms. The molecule has 0 saturated carbocycles. The maximum absolute atomic E-state index is 5.69. The number of nitrogen functional groups attached to an aromatic ring is 1. The molecule has 0 aliphatic heterocycles. The summed E-state index contributed by atoms with van der Waals surface area (Å²) in [4.78, 5) is 0. The molecule has 0 bridgehead atoms. The Bertz CT molecular complexity index is 550. The van der Waals surface area contributed by atoms with Crippen molar-refractivity contribution >= 4 is 17.3 Å². The molecule has 1 nitrogen and oxygen atoms in total. The Kier molecular flexibility index (Phi) is 2.03. The highest BCUT2D eigenvalue weighted by atomic mass is 14.5. The fourth-order valence-electron chi connectivity index (χ4n) is 2.16. The smallest absolute Gasteiger partial charge is 0.0314 e. The van der Waals surface area contributed by atoms with Gasteiger partial charge in [-0.1, -0.05) is 42.5 Å². The Morgan fingerprint density at radius 1 is 0.875 bits per heavy atom. The van der Waals surface area contributed by atoms with E-state index < -0.39 is 0 Å². The number of benzene rings is 2. The molecule has 0 radical (unpaired) electrons. The van der Waals surface area contributed by atoms with Crippen molar-refractivity contribution in [1.82, 2.24) is 0 Å². The van der Waals surface area contributed by atoms with Gasteiger partial charge in [0.2, 0.25) is 0 Å². The summed E-state index contributed by atoms with van der Waals surface area (Å²) in [6.45, 7) is 0. The average molecular weight is 207 g/mol. The van der Waals surface area contributed by atoms with Gasteiger partial charge in [-0.3, -0.25) is 0 Å². The van der Waals surface area contributed by atoms with Crippen LogP contribution >= 0.6 is 0 Å². The van der Waals surface area contributed by atoms with Crippen LogP contribution in [-0.4, -0.2) is 0 Å². The van der Waals surface area contributed by atoms with E-state index in [1.54, 1.807) is 0 Å². The van der Waals surface area contributed by atoms with Gasteiger partial charge in [-0.25, -0.2) is 0 Å². The van der Waals surface area contributed by atoms with Gasteiger partial charge >= 0.3 is 0 Å². The molecule has 0 aromatic heterocycles. The Morgan fingerprint density at radius 2 is 1.62 bits per heavy atom. The normalized spacial score (nSPS) is 13.4. The maximum atomic E-state index is 5.69. The van der Waals surface area contributed by atoms with E-state index in [4.69, 9.17) is 5.73 Å². The zero-order valence-electron chi connectivity index (χ0n) is 8.98. The summed E-state index contributed by atoms with van der Waals surface area (Å²) in [6, 6.07) is 16.6. The van der Waals surface area contributed by atoms with Crippen molar-refractivity contribution in [1.29, 1.82) is 0 Å². The van der Waals surface area contributed by atoms with Crippen LogP contribution in [0.1, 0.15) is 16.7 Å². The summed E-state index contributed by atoms with van der Waals surface area (Å²) in [7, 11) is 0. The second-order valence-electron chi connectivity index (χ2n) is 4.17. The van der Waals surface area contributed by atoms with Gasteiger partial charge in [0.05, 0.1) is 0 Å². The number of allylic oxidation sites excluding steroid dienone is 1. The third-order valence-corrected chi connectivity index (χ3v) is 3.05. The maximum Gasteiger partial charge on any atom is 0.0314 e. The van der Waals surface area contributed by atoms with Crippen LogP contribution in [-0.2, 0) is 6.42 Å². The molecular formula is C15H13N. The van der Waals surface area contributed by atoms with Crippen molar-refractivity contribution in [2.24, 2.45) is 0 Å². The molecule has 1 aliphatic rings. The molecule has 16 heavy (non-hydrogen) atoms. The van der Waals surface area contributed by atoms with Crippen LogP contribution < -0.4 is 5.73 Å². The lowest BCUT2D eigenvalue weighted by atomic mass is 10.0. The molecule has 3 rings (SSSR count). The number of anilines is 1. The standard InChI is InChI=1S/C15H13N/c16-15-7-5-11(6-8-15)14-9-12-3-1-2-4-13(12)10-14/h1-9H,10,16H2. The Morgan fingerprint density at radius 3 is 2.38 bits per heavy atom. The molecule has 0 unspecified atom stereocenters. The van der Waals surface area contributed by atoms with Gasteiger partial charge < -0.3 is 5.73 Å². The summed E-state index contributed by atoms with van der Waals surface area (Å²) in [5, 5.41) is 0. The van der Waals surface area contributed by atoms with E-state index in [2.05, 4.69) is 42.5 Å². The zero-order valence-corrected chi connectivity index (χ0v) is 8.98. The number of nitrogens with two attached hydrogens (primary N) is 1. The molecule has 0 fully saturated rings. The van der Waals surface area contributed by atoms with Crippen LogP contribution in [0.3, 0.4) is 0 Å². The molecule has 2 aromatic rings. The van der Waals surface area contributed by atoms with Crippen LogP contribution in [0.15, 0.2) is 48.5 Å². The Labute approximate surface area is 95.2 Å². The predicted octanol–water partition coefficient (Wildman–Crippen LogP) is 3.37. The second-order valence-corrected chi connectivity index (χ2v) is 4.17. The van der Waals surface area contributed by atoms with E-state index >= 15 is 0 Å². The molecule has 0 amide bonds. The van der Waals surface area contributed by atoms with Gasteiger partial charge in [0, 0.05) is 5.69 Å². The monoisotopic (exact) mass is 207 g/mol. The Balaban J connectivity index is 1.98. The quantitative estimate of drug-likeness (QED) is 0.713. The van der Waals surface area contributed by atoms with Crippen molar-refractivity contribution in [2.75, 3.05) is 5.73 Å². The van der Waals surface area contributed by atoms with E-state index in [1.807, 2.05) is 12.1 Å². The summed E-state index contributed by atoms with van der Waals surface area (Å²) >= 11 is 0. The average Bonchev–Trinajstić information content (AvgIpc) is 2.73. The van der Waals surface area contributed by atoms with Crippen LogP contribution in [0, 0.1) is 0 Å². The summed E-state index contributed by atoms with van der Waals surface area (Å²) in [6.07, 6.45) is 3.29. The molecule has 0 heterocycles. The summed E-state index contributed by atoms with van der Waals surface area (Å²) < 4.78 is 0. The molecule has 0 saturated heterocycles. The minimum atomic E-state index is 0.819. The minimum absolute atomic E-state index is 0.819. The fourth-order valence-corrected chi connectivity index (χ4v) is 2.16. The van der Waals surface area contributed by atoms with Crippen LogP contribution in [0.2, 0.25) is 0 Å². The lowest BCUT2D eigenvalue weighted by molar-refractivity contribution is 1.32. The van der Waals surface area contributed by atoms with Crippen molar-refractivity contribution in [3.63, 3.8) is 0 Å². The number of rotatable bonds is 1. The molecule has 1 aliphatic carbocycles. The Hall–Kier alpha value is -2.02. The third-order valence-electron chi connectivity index (χ3n) is 3.05. The SMILES string of the molecule is Nc1ccc(C2=Cc3ccccc3C2)cc1. The topological polar surface area (TPSA) is 26.0 Å². The first-order valence-corrected chi connectivity index (χ1v) is 5.47. The zero-order chi connectivity index (χ0) is 11.0. The second kappa shape index (κ2) is 3.53. The van der Waals surface area contributed by atoms with E-state index in [0.29, 0.717) is 0 Å². The first kappa shape index (κ1) is 9.22. The van der Waals surface area contributed by atoms with Gasteiger partial charge in [-0.05, 0) is 40.8 Å². The van der Waals surface area contributed by atoms with E-state index in [-0.39, 0.29) is 0 Å². The summed E-state index contributed by atoms with van der Waals surface area (Å²) in [5.74, 6) is 0. The van der Waals surface area contributed by atoms with Crippen LogP contribution in [0.5, 0.6) is 0 Å². The van der Waals surface area contributed by atoms with Crippen molar-refractivity contribution in [3.05, 3.63) is 65.2 Å². The highest BCUT2D eigenvalue weighted by molar-refractivity contribution is 5.88. The lowest BCUT2D eigenvalue weighted by Gasteiger charge is -2.02. The first-order chi connectivity index (χ1) is 7.83. The predicted molar refractivity (Wildman–Crippen MR) is 68.9 cm³/mol. The van der Waals surface area contributed by atoms with Crippen molar-refractivity contribution < 1.29 is 0 Å². The van der Waals surface area contributed by atoms with Gasteiger partial charge in [0.15, 0.2) is 0 Å². The number of hydrogen-bond acceptors (Lipinski definition) is 1. The third kappa shape index (κ3) is 1.50. The fraction of sp³-hybridized carbons (Fsp3) is 0.0667. The number of fused-ring (bicyclic) bond motifs is 1. The highest BCUT2D eigenvalue weighted by Gasteiger charge is 2.12. The summed E-state index contributed by atoms with van der Waals surface area (Å²) in [5.41, 5.74) is 11.9. The molecule has 2 N–H and O–H groups in total.